The number of aryl methyl sites for hydroxylation is 1. The normalized spacial score (nSPS) is 11.1. The summed E-state index contributed by atoms with van der Waals surface area (Å²) in [6, 6.07) is 0.563. The Kier molecular flexibility index (Phi) is 4.66. The highest BCUT2D eigenvalue weighted by atomic mass is 15.1. The van der Waals surface area contributed by atoms with E-state index >= 15 is 0 Å². The Hall–Kier alpha value is -0.830. The maximum absolute atomic E-state index is 4.17. The predicted octanol–water partition coefficient (Wildman–Crippen LogP) is 1.83. The molecule has 0 unspecified atom stereocenters. The number of nitrogens with one attached hydrogen (secondary N) is 1. The summed E-state index contributed by atoms with van der Waals surface area (Å²) >= 11 is 0. The summed E-state index contributed by atoms with van der Waals surface area (Å²) in [6.45, 7) is 8.57. The Morgan fingerprint density at radius 1 is 1.50 bits per heavy atom. The lowest BCUT2D eigenvalue weighted by Gasteiger charge is -2.10. The van der Waals surface area contributed by atoms with Gasteiger partial charge < -0.3 is 9.88 Å². The lowest BCUT2D eigenvalue weighted by molar-refractivity contribution is 0.532. The summed E-state index contributed by atoms with van der Waals surface area (Å²) in [7, 11) is 0. The van der Waals surface area contributed by atoms with Crippen LogP contribution in [0.15, 0.2) is 12.5 Å². The molecule has 3 nitrogen and oxygen atoms in total. The van der Waals surface area contributed by atoms with Crippen molar-refractivity contribution < 1.29 is 0 Å². The molecule has 14 heavy (non-hydrogen) atoms. The third kappa shape index (κ3) is 3.50. The number of hydrogen-bond acceptors (Lipinski definition) is 2. The van der Waals surface area contributed by atoms with E-state index in [0.29, 0.717) is 6.04 Å². The van der Waals surface area contributed by atoms with Crippen LogP contribution in [0.25, 0.3) is 0 Å². The molecule has 0 bridgehead atoms. The molecule has 0 atom stereocenters. The topological polar surface area (TPSA) is 29.9 Å². The highest BCUT2D eigenvalue weighted by Crippen LogP contribution is 2.02. The highest BCUT2D eigenvalue weighted by molar-refractivity contribution is 4.98. The van der Waals surface area contributed by atoms with Crippen molar-refractivity contribution in [2.45, 2.75) is 46.2 Å². The maximum atomic E-state index is 4.17. The van der Waals surface area contributed by atoms with Gasteiger partial charge in [0.15, 0.2) is 0 Å². The van der Waals surface area contributed by atoms with Crippen LogP contribution in [-0.2, 0) is 13.0 Å². The van der Waals surface area contributed by atoms with E-state index in [0.717, 1.165) is 19.5 Å². The van der Waals surface area contributed by atoms with Crippen molar-refractivity contribution in [1.82, 2.24) is 14.9 Å². The van der Waals surface area contributed by atoms with Crippen LogP contribution in [0, 0.1) is 0 Å². The summed E-state index contributed by atoms with van der Waals surface area (Å²) in [6.07, 6.45) is 6.21. The number of hydrogen-bond donors (Lipinski definition) is 1. The number of aromatic nitrogens is 2. The summed E-state index contributed by atoms with van der Waals surface area (Å²) in [5, 5.41) is 3.40. The van der Waals surface area contributed by atoms with E-state index in [1.54, 1.807) is 0 Å². The average Bonchev–Trinajstić information content (AvgIpc) is 2.53. The van der Waals surface area contributed by atoms with Gasteiger partial charge >= 0.3 is 0 Å². The van der Waals surface area contributed by atoms with Crippen LogP contribution in [0.2, 0.25) is 0 Å². The zero-order chi connectivity index (χ0) is 10.4. The van der Waals surface area contributed by atoms with Gasteiger partial charge in [-0.25, -0.2) is 4.98 Å². The number of rotatable bonds is 6. The minimum absolute atomic E-state index is 0.563. The van der Waals surface area contributed by atoms with Crippen LogP contribution >= 0.6 is 0 Å². The molecule has 0 fully saturated rings. The molecule has 0 saturated carbocycles. The van der Waals surface area contributed by atoms with E-state index in [9.17, 15) is 0 Å². The van der Waals surface area contributed by atoms with Crippen molar-refractivity contribution in [3.63, 3.8) is 0 Å². The molecule has 0 aliphatic rings. The fourth-order valence-electron chi connectivity index (χ4n) is 1.49. The van der Waals surface area contributed by atoms with Crippen molar-refractivity contribution in [3.05, 3.63) is 18.2 Å². The van der Waals surface area contributed by atoms with Crippen LogP contribution in [0.1, 0.15) is 32.9 Å². The molecule has 0 amide bonds. The monoisotopic (exact) mass is 195 g/mol. The average molecular weight is 195 g/mol. The van der Waals surface area contributed by atoms with Crippen molar-refractivity contribution in [2.75, 3.05) is 6.54 Å². The van der Waals surface area contributed by atoms with Gasteiger partial charge in [0.05, 0.1) is 6.33 Å². The second-order valence-electron chi connectivity index (χ2n) is 3.94. The molecule has 1 heterocycles. The number of nitrogens with zero attached hydrogens (tertiary/aromatic N) is 2. The van der Waals surface area contributed by atoms with Crippen molar-refractivity contribution in [1.29, 1.82) is 0 Å². The third-order valence-corrected chi connectivity index (χ3v) is 2.21. The lowest BCUT2D eigenvalue weighted by Crippen LogP contribution is -2.26. The van der Waals surface area contributed by atoms with Gasteiger partial charge in [0.25, 0.3) is 0 Å². The van der Waals surface area contributed by atoms with Crippen LogP contribution < -0.4 is 5.32 Å². The molecule has 0 aliphatic heterocycles. The van der Waals surface area contributed by atoms with Crippen molar-refractivity contribution in [2.24, 2.45) is 0 Å². The second kappa shape index (κ2) is 5.81. The van der Waals surface area contributed by atoms with E-state index < -0.39 is 0 Å². The smallest absolute Gasteiger partial charge is 0.0948 e. The summed E-state index contributed by atoms with van der Waals surface area (Å²) in [5.74, 6) is 0. The Labute approximate surface area is 86.5 Å². The quantitative estimate of drug-likeness (QED) is 0.750. The van der Waals surface area contributed by atoms with Crippen LogP contribution in [0.3, 0.4) is 0 Å². The first kappa shape index (κ1) is 11.2. The Bertz CT molecular complexity index is 253. The molecule has 80 valence electrons. The van der Waals surface area contributed by atoms with Crippen LogP contribution in [-0.4, -0.2) is 22.1 Å². The molecular weight excluding hydrogens is 174 g/mol. The van der Waals surface area contributed by atoms with Gasteiger partial charge in [-0.2, -0.15) is 0 Å². The first-order valence-corrected chi connectivity index (χ1v) is 5.46. The Morgan fingerprint density at radius 3 is 2.93 bits per heavy atom. The standard InChI is InChI=1S/C11H21N3/c1-4-5-11-8-12-9-14(11)7-6-13-10(2)3/h8-10,13H,4-7H2,1-3H3. The molecule has 0 saturated heterocycles. The van der Waals surface area contributed by atoms with Crippen molar-refractivity contribution in [3.8, 4) is 0 Å². The zero-order valence-corrected chi connectivity index (χ0v) is 9.45. The zero-order valence-electron chi connectivity index (χ0n) is 9.45. The lowest BCUT2D eigenvalue weighted by atomic mass is 10.3. The predicted molar refractivity (Wildman–Crippen MR) is 59.4 cm³/mol. The molecule has 3 heteroatoms. The Balaban J connectivity index is 2.37. The molecule has 1 N–H and O–H groups in total. The van der Waals surface area contributed by atoms with Gasteiger partial charge in [-0.15, -0.1) is 0 Å². The van der Waals surface area contributed by atoms with Crippen LogP contribution in [0.5, 0.6) is 0 Å². The molecule has 1 aromatic rings. The first-order chi connectivity index (χ1) is 6.74. The van der Waals surface area contributed by atoms with Crippen LogP contribution in [0.4, 0.5) is 0 Å². The summed E-state index contributed by atoms with van der Waals surface area (Å²) in [4.78, 5) is 4.17. The molecule has 0 aliphatic carbocycles. The minimum atomic E-state index is 0.563. The van der Waals surface area contributed by atoms with E-state index in [2.05, 4.69) is 35.6 Å². The van der Waals surface area contributed by atoms with Gasteiger partial charge in [0.1, 0.15) is 0 Å². The van der Waals surface area contributed by atoms with E-state index in [1.165, 1.54) is 12.1 Å². The van der Waals surface area contributed by atoms with Gasteiger partial charge in [0, 0.05) is 31.0 Å². The summed E-state index contributed by atoms with van der Waals surface area (Å²) in [5.41, 5.74) is 1.35. The van der Waals surface area contributed by atoms with Crippen molar-refractivity contribution >= 4 is 0 Å². The molecular formula is C11H21N3. The number of imidazole rings is 1. The second-order valence-corrected chi connectivity index (χ2v) is 3.94. The van der Waals surface area contributed by atoms with E-state index in [4.69, 9.17) is 0 Å². The van der Waals surface area contributed by atoms with E-state index in [-0.39, 0.29) is 0 Å². The van der Waals surface area contributed by atoms with Gasteiger partial charge in [0.2, 0.25) is 0 Å². The molecule has 0 spiro atoms. The third-order valence-electron chi connectivity index (χ3n) is 2.21. The Morgan fingerprint density at radius 2 is 2.29 bits per heavy atom. The van der Waals surface area contributed by atoms with E-state index in [1.807, 2.05) is 12.5 Å². The SMILES string of the molecule is CCCc1cncn1CCNC(C)C. The fourth-order valence-corrected chi connectivity index (χ4v) is 1.49. The maximum Gasteiger partial charge on any atom is 0.0948 e. The first-order valence-electron chi connectivity index (χ1n) is 5.46. The molecule has 0 radical (unpaired) electrons. The largest absolute Gasteiger partial charge is 0.333 e. The fraction of sp³-hybridized carbons (Fsp3) is 0.727. The molecule has 1 rings (SSSR count). The van der Waals surface area contributed by atoms with Gasteiger partial charge in [-0.05, 0) is 6.42 Å². The molecule has 1 aromatic heterocycles. The molecule has 0 aromatic carbocycles. The summed E-state index contributed by atoms with van der Waals surface area (Å²) < 4.78 is 2.24. The minimum Gasteiger partial charge on any atom is -0.333 e. The van der Waals surface area contributed by atoms with Gasteiger partial charge in [-0.1, -0.05) is 27.2 Å². The highest BCUT2D eigenvalue weighted by Gasteiger charge is 2.00. The van der Waals surface area contributed by atoms with Gasteiger partial charge in [-0.3, -0.25) is 0 Å².